The summed E-state index contributed by atoms with van der Waals surface area (Å²) in [7, 11) is 2.04. The number of carbonyl (C=O) groups is 1. The normalized spacial score (nSPS) is 11.9. The molecular weight excluding hydrogens is 178 g/mol. The molecule has 0 aromatic carbocycles. The summed E-state index contributed by atoms with van der Waals surface area (Å²) >= 11 is 0. The van der Waals surface area contributed by atoms with Crippen LogP contribution in [0.3, 0.4) is 0 Å². The highest BCUT2D eigenvalue weighted by Crippen LogP contribution is 2.16. The number of rotatable bonds is 6. The van der Waals surface area contributed by atoms with E-state index in [0.717, 1.165) is 13.0 Å². The van der Waals surface area contributed by atoms with E-state index in [2.05, 4.69) is 25.7 Å². The van der Waals surface area contributed by atoms with Gasteiger partial charge in [-0.1, -0.05) is 6.92 Å². The van der Waals surface area contributed by atoms with Gasteiger partial charge in [-0.2, -0.15) is 0 Å². The lowest BCUT2D eigenvalue weighted by atomic mass is 10.00. The van der Waals surface area contributed by atoms with E-state index in [1.54, 1.807) is 0 Å². The second-order valence-electron chi connectivity index (χ2n) is 4.14. The van der Waals surface area contributed by atoms with Crippen LogP contribution in [0.25, 0.3) is 0 Å². The van der Waals surface area contributed by atoms with Crippen LogP contribution in [0.15, 0.2) is 0 Å². The van der Waals surface area contributed by atoms with Gasteiger partial charge < -0.3 is 9.64 Å². The van der Waals surface area contributed by atoms with Crippen molar-refractivity contribution in [1.29, 1.82) is 0 Å². The van der Waals surface area contributed by atoms with Crippen LogP contribution < -0.4 is 0 Å². The predicted octanol–water partition coefficient (Wildman–Crippen LogP) is 2.06. The van der Waals surface area contributed by atoms with Crippen LogP contribution in [0.4, 0.5) is 0 Å². The molecule has 0 fully saturated rings. The average Bonchev–Trinajstić information content (AvgIpc) is 2.14. The zero-order chi connectivity index (χ0) is 11.2. The molecule has 0 saturated carbocycles. The number of carbonyl (C=O) groups excluding carboxylic acids is 1. The van der Waals surface area contributed by atoms with Gasteiger partial charge in [0.25, 0.3) is 0 Å². The Morgan fingerprint density at radius 3 is 2.36 bits per heavy atom. The van der Waals surface area contributed by atoms with Crippen LogP contribution in [0.2, 0.25) is 0 Å². The van der Waals surface area contributed by atoms with Gasteiger partial charge in [-0.05, 0) is 34.2 Å². The molecule has 0 heterocycles. The van der Waals surface area contributed by atoms with Crippen molar-refractivity contribution < 1.29 is 9.53 Å². The van der Waals surface area contributed by atoms with Crippen LogP contribution >= 0.6 is 0 Å². The van der Waals surface area contributed by atoms with E-state index in [4.69, 9.17) is 4.74 Å². The van der Waals surface area contributed by atoms with Gasteiger partial charge in [0, 0.05) is 12.1 Å². The van der Waals surface area contributed by atoms with Crippen molar-refractivity contribution >= 4 is 5.97 Å². The summed E-state index contributed by atoms with van der Waals surface area (Å²) in [5, 5.41) is 0. The van der Waals surface area contributed by atoms with Crippen LogP contribution in [-0.4, -0.2) is 36.6 Å². The molecule has 0 amide bonds. The molecule has 0 radical (unpaired) electrons. The lowest BCUT2D eigenvalue weighted by Gasteiger charge is -2.34. The van der Waals surface area contributed by atoms with Crippen molar-refractivity contribution in [2.45, 2.75) is 46.1 Å². The van der Waals surface area contributed by atoms with Crippen molar-refractivity contribution in [1.82, 2.24) is 4.90 Å². The third-order valence-corrected chi connectivity index (χ3v) is 2.86. The van der Waals surface area contributed by atoms with Gasteiger partial charge in [-0.3, -0.25) is 4.79 Å². The first-order chi connectivity index (χ1) is 6.44. The first-order valence-electron chi connectivity index (χ1n) is 5.31. The number of nitrogens with zero attached hydrogens (tertiary/aromatic N) is 1. The van der Waals surface area contributed by atoms with E-state index in [9.17, 15) is 4.79 Å². The summed E-state index contributed by atoms with van der Waals surface area (Å²) in [5.74, 6) is -0.105. The standard InChI is InChI=1S/C11H23NO2/c1-6-11(3,4)12(5)9-8-10(13)14-7-2/h6-9H2,1-5H3. The summed E-state index contributed by atoms with van der Waals surface area (Å²) in [6, 6.07) is 0. The first-order valence-corrected chi connectivity index (χ1v) is 5.31. The van der Waals surface area contributed by atoms with Gasteiger partial charge in [-0.25, -0.2) is 0 Å². The molecule has 0 aliphatic heterocycles. The summed E-state index contributed by atoms with van der Waals surface area (Å²) in [6.45, 7) is 9.58. The molecule has 0 aromatic heterocycles. The molecule has 0 aromatic rings. The molecule has 0 atom stereocenters. The van der Waals surface area contributed by atoms with Gasteiger partial charge >= 0.3 is 5.97 Å². The van der Waals surface area contributed by atoms with E-state index < -0.39 is 0 Å². The first kappa shape index (κ1) is 13.4. The fraction of sp³-hybridized carbons (Fsp3) is 0.909. The SMILES string of the molecule is CCOC(=O)CCN(C)C(C)(C)CC. The molecule has 3 heteroatoms. The van der Waals surface area contributed by atoms with Crippen LogP contribution in [0, 0.1) is 0 Å². The quantitative estimate of drug-likeness (QED) is 0.616. The Kier molecular flexibility index (Phi) is 5.77. The maximum Gasteiger partial charge on any atom is 0.307 e. The van der Waals surface area contributed by atoms with Crippen molar-refractivity contribution in [3.8, 4) is 0 Å². The zero-order valence-electron chi connectivity index (χ0n) is 10.1. The van der Waals surface area contributed by atoms with Crippen LogP contribution in [0.5, 0.6) is 0 Å². The van der Waals surface area contributed by atoms with E-state index >= 15 is 0 Å². The van der Waals surface area contributed by atoms with Crippen molar-refractivity contribution in [2.24, 2.45) is 0 Å². The summed E-state index contributed by atoms with van der Waals surface area (Å²) in [5.41, 5.74) is 0.159. The van der Waals surface area contributed by atoms with E-state index in [1.165, 1.54) is 0 Å². The number of ether oxygens (including phenoxy) is 1. The minimum Gasteiger partial charge on any atom is -0.466 e. The number of esters is 1. The third-order valence-electron chi connectivity index (χ3n) is 2.86. The van der Waals surface area contributed by atoms with Crippen LogP contribution in [-0.2, 0) is 9.53 Å². The molecule has 0 aliphatic rings. The Morgan fingerprint density at radius 1 is 1.36 bits per heavy atom. The topological polar surface area (TPSA) is 29.5 Å². The Bertz CT molecular complexity index is 178. The molecule has 0 aliphatic carbocycles. The summed E-state index contributed by atoms with van der Waals surface area (Å²) in [6.07, 6.45) is 1.56. The minimum atomic E-state index is -0.105. The van der Waals surface area contributed by atoms with Crippen molar-refractivity contribution in [2.75, 3.05) is 20.2 Å². The van der Waals surface area contributed by atoms with Gasteiger partial charge in [0.2, 0.25) is 0 Å². The molecular formula is C11H23NO2. The van der Waals surface area contributed by atoms with Crippen LogP contribution in [0.1, 0.15) is 40.5 Å². The van der Waals surface area contributed by atoms with E-state index in [0.29, 0.717) is 13.0 Å². The van der Waals surface area contributed by atoms with Gasteiger partial charge in [0.1, 0.15) is 0 Å². The summed E-state index contributed by atoms with van der Waals surface area (Å²) in [4.78, 5) is 13.3. The molecule has 14 heavy (non-hydrogen) atoms. The lowest BCUT2D eigenvalue weighted by molar-refractivity contribution is -0.143. The van der Waals surface area contributed by atoms with E-state index in [-0.39, 0.29) is 11.5 Å². The largest absolute Gasteiger partial charge is 0.466 e. The molecule has 0 spiro atoms. The number of hydrogen-bond acceptors (Lipinski definition) is 3. The molecule has 0 saturated heterocycles. The highest BCUT2D eigenvalue weighted by molar-refractivity contribution is 5.69. The Labute approximate surface area is 87.4 Å². The lowest BCUT2D eigenvalue weighted by Crippen LogP contribution is -2.41. The average molecular weight is 201 g/mol. The Balaban J connectivity index is 3.84. The molecule has 0 bridgehead atoms. The molecule has 3 nitrogen and oxygen atoms in total. The van der Waals surface area contributed by atoms with Crippen molar-refractivity contribution in [3.05, 3.63) is 0 Å². The molecule has 84 valence electrons. The summed E-state index contributed by atoms with van der Waals surface area (Å²) < 4.78 is 4.87. The fourth-order valence-corrected chi connectivity index (χ4v) is 1.06. The Hall–Kier alpha value is -0.570. The smallest absolute Gasteiger partial charge is 0.307 e. The second-order valence-corrected chi connectivity index (χ2v) is 4.14. The van der Waals surface area contributed by atoms with Gasteiger partial charge in [0.15, 0.2) is 0 Å². The third kappa shape index (κ3) is 4.61. The zero-order valence-corrected chi connectivity index (χ0v) is 10.1. The molecule has 0 unspecified atom stereocenters. The fourth-order valence-electron chi connectivity index (χ4n) is 1.06. The van der Waals surface area contributed by atoms with Gasteiger partial charge in [-0.15, -0.1) is 0 Å². The van der Waals surface area contributed by atoms with Gasteiger partial charge in [0.05, 0.1) is 13.0 Å². The predicted molar refractivity (Wildman–Crippen MR) is 58.3 cm³/mol. The minimum absolute atomic E-state index is 0.105. The Morgan fingerprint density at radius 2 is 1.93 bits per heavy atom. The molecule has 0 rings (SSSR count). The highest BCUT2D eigenvalue weighted by Gasteiger charge is 2.21. The molecule has 0 N–H and O–H groups in total. The number of hydrogen-bond donors (Lipinski definition) is 0. The highest BCUT2D eigenvalue weighted by atomic mass is 16.5. The maximum absolute atomic E-state index is 11.1. The second kappa shape index (κ2) is 6.02. The van der Waals surface area contributed by atoms with Crippen molar-refractivity contribution in [3.63, 3.8) is 0 Å². The van der Waals surface area contributed by atoms with E-state index in [1.807, 2.05) is 14.0 Å². The maximum atomic E-state index is 11.1. The monoisotopic (exact) mass is 201 g/mol.